The van der Waals surface area contributed by atoms with E-state index in [4.69, 9.17) is 0 Å². The number of carbonyl (C=O) groups is 1. The summed E-state index contributed by atoms with van der Waals surface area (Å²) in [6.45, 7) is 1.70. The zero-order valence-corrected chi connectivity index (χ0v) is 17.1. The van der Waals surface area contributed by atoms with Crippen molar-refractivity contribution in [3.8, 4) is 0 Å². The molecule has 1 amide bonds. The number of hydrogen-bond acceptors (Lipinski definition) is 3. The van der Waals surface area contributed by atoms with Crippen LogP contribution in [0, 0.1) is 0 Å². The van der Waals surface area contributed by atoms with Gasteiger partial charge in [-0.3, -0.25) is 14.5 Å². The van der Waals surface area contributed by atoms with Crippen LogP contribution in [0.5, 0.6) is 0 Å². The fourth-order valence-electron chi connectivity index (χ4n) is 3.57. The van der Waals surface area contributed by atoms with Crippen LogP contribution in [-0.2, 0) is 11.8 Å². The molecule has 7 nitrogen and oxygen atoms in total. The molecule has 142 valence electrons. The number of aromatic nitrogens is 2. The maximum Gasteiger partial charge on any atom is 0.246 e. The molecule has 27 heavy (non-hydrogen) atoms. The first-order valence-electron chi connectivity index (χ1n) is 9.08. The van der Waals surface area contributed by atoms with Crippen LogP contribution in [0.15, 0.2) is 46.1 Å². The minimum absolute atomic E-state index is 0.0671. The third-order valence-electron chi connectivity index (χ3n) is 5.14. The lowest BCUT2D eigenvalue weighted by atomic mass is 10.1. The average molecular weight is 431 g/mol. The number of carbonyl (C=O) groups excluding carboxylic acids is 1. The molecule has 2 aliphatic rings. The van der Waals surface area contributed by atoms with E-state index in [1.807, 2.05) is 18.1 Å². The highest BCUT2D eigenvalue weighted by Gasteiger charge is 2.40. The lowest BCUT2D eigenvalue weighted by Crippen LogP contribution is -2.55. The molecule has 0 radical (unpaired) electrons. The van der Waals surface area contributed by atoms with Gasteiger partial charge in [-0.25, -0.2) is 0 Å². The van der Waals surface area contributed by atoms with Gasteiger partial charge in [0.05, 0.1) is 11.9 Å². The van der Waals surface area contributed by atoms with E-state index in [-0.39, 0.29) is 5.91 Å². The topological polar surface area (TPSA) is 65.8 Å². The summed E-state index contributed by atoms with van der Waals surface area (Å²) in [5.41, 5.74) is 2.19. The summed E-state index contributed by atoms with van der Waals surface area (Å²) in [6.07, 6.45) is 4.69. The van der Waals surface area contributed by atoms with Gasteiger partial charge in [-0.15, -0.1) is 0 Å². The Hall–Kier alpha value is -2.35. The second-order valence-electron chi connectivity index (χ2n) is 7.03. The number of piperazine rings is 1. The normalized spacial score (nSPS) is 22.9. The van der Waals surface area contributed by atoms with E-state index < -0.39 is 0 Å². The first-order valence-corrected chi connectivity index (χ1v) is 9.87. The monoisotopic (exact) mass is 430 g/mol. The molecular weight excluding hydrogens is 408 g/mol. The van der Waals surface area contributed by atoms with Gasteiger partial charge in [-0.05, 0) is 24.1 Å². The van der Waals surface area contributed by atoms with Crippen LogP contribution in [0.3, 0.4) is 0 Å². The number of halogens is 1. The van der Waals surface area contributed by atoms with Crippen LogP contribution in [0.2, 0.25) is 0 Å². The Morgan fingerprint density at radius 1 is 1.30 bits per heavy atom. The van der Waals surface area contributed by atoms with Crippen molar-refractivity contribution in [2.45, 2.75) is 18.4 Å². The van der Waals surface area contributed by atoms with E-state index in [0.717, 1.165) is 29.1 Å². The van der Waals surface area contributed by atoms with Crippen LogP contribution in [0.4, 0.5) is 5.69 Å². The molecule has 0 bridgehead atoms. The molecule has 2 heterocycles. The van der Waals surface area contributed by atoms with Gasteiger partial charge in [0.15, 0.2) is 5.96 Å². The molecule has 1 aliphatic carbocycles. The van der Waals surface area contributed by atoms with E-state index in [1.54, 1.807) is 22.8 Å². The van der Waals surface area contributed by atoms with Crippen molar-refractivity contribution in [1.29, 1.82) is 0 Å². The van der Waals surface area contributed by atoms with Crippen LogP contribution >= 0.6 is 15.9 Å². The minimum Gasteiger partial charge on any atom is -0.353 e. The van der Waals surface area contributed by atoms with E-state index in [0.29, 0.717) is 25.0 Å². The van der Waals surface area contributed by atoms with Gasteiger partial charge in [0.2, 0.25) is 5.91 Å². The Morgan fingerprint density at radius 2 is 2.07 bits per heavy atom. The summed E-state index contributed by atoms with van der Waals surface area (Å²) < 4.78 is 2.81. The second kappa shape index (κ2) is 7.34. The molecule has 1 aromatic carbocycles. The SMILES string of the molecule is CN=C(NC1CC1c1ccc(Br)cc1)N1CCN(c2cnn(C)c2)C(=O)C1. The summed E-state index contributed by atoms with van der Waals surface area (Å²) >= 11 is 3.48. The van der Waals surface area contributed by atoms with Crippen LogP contribution < -0.4 is 10.2 Å². The number of aliphatic imine (C=N–C) groups is 1. The Kier molecular flexibility index (Phi) is 4.90. The minimum atomic E-state index is 0.0671. The summed E-state index contributed by atoms with van der Waals surface area (Å²) in [4.78, 5) is 20.8. The lowest BCUT2D eigenvalue weighted by molar-refractivity contribution is -0.120. The maximum absolute atomic E-state index is 12.6. The molecule has 1 saturated heterocycles. The van der Waals surface area contributed by atoms with Gasteiger partial charge in [0, 0.05) is 49.8 Å². The van der Waals surface area contributed by atoms with Crippen molar-refractivity contribution >= 4 is 33.5 Å². The van der Waals surface area contributed by atoms with E-state index in [2.05, 4.69) is 55.6 Å². The van der Waals surface area contributed by atoms with Crippen molar-refractivity contribution in [3.05, 3.63) is 46.7 Å². The third kappa shape index (κ3) is 3.85. The average Bonchev–Trinajstić information content (AvgIpc) is 3.30. The number of amides is 1. The predicted octanol–water partition coefficient (Wildman–Crippen LogP) is 1.96. The largest absolute Gasteiger partial charge is 0.353 e. The van der Waals surface area contributed by atoms with Crippen LogP contribution in [0.25, 0.3) is 0 Å². The van der Waals surface area contributed by atoms with Crippen molar-refractivity contribution < 1.29 is 4.79 Å². The molecule has 1 aliphatic heterocycles. The summed E-state index contributed by atoms with van der Waals surface area (Å²) in [6, 6.07) is 8.85. The van der Waals surface area contributed by atoms with Crippen molar-refractivity contribution in [2.75, 3.05) is 31.6 Å². The number of nitrogens with zero attached hydrogens (tertiary/aromatic N) is 5. The first-order chi connectivity index (χ1) is 13.0. The molecular formula is C19H23BrN6O. The molecule has 1 aromatic heterocycles. The highest BCUT2D eigenvalue weighted by Crippen LogP contribution is 2.41. The number of nitrogens with one attached hydrogen (secondary N) is 1. The molecule has 1 saturated carbocycles. The van der Waals surface area contributed by atoms with Gasteiger partial charge >= 0.3 is 0 Å². The van der Waals surface area contributed by atoms with E-state index in [9.17, 15) is 4.79 Å². The Balaban J connectivity index is 1.36. The van der Waals surface area contributed by atoms with Gasteiger partial charge in [-0.2, -0.15) is 5.10 Å². The predicted molar refractivity (Wildman–Crippen MR) is 109 cm³/mol. The zero-order chi connectivity index (χ0) is 19.0. The Labute approximate surface area is 167 Å². The quantitative estimate of drug-likeness (QED) is 0.596. The maximum atomic E-state index is 12.6. The van der Waals surface area contributed by atoms with E-state index in [1.165, 1.54) is 5.56 Å². The number of guanidine groups is 1. The highest BCUT2D eigenvalue weighted by molar-refractivity contribution is 9.10. The van der Waals surface area contributed by atoms with Crippen molar-refractivity contribution in [3.63, 3.8) is 0 Å². The number of benzene rings is 1. The summed E-state index contributed by atoms with van der Waals surface area (Å²) in [7, 11) is 3.63. The third-order valence-corrected chi connectivity index (χ3v) is 5.67. The van der Waals surface area contributed by atoms with Crippen LogP contribution in [0.1, 0.15) is 17.9 Å². The fourth-order valence-corrected chi connectivity index (χ4v) is 3.83. The molecule has 4 rings (SSSR count). The molecule has 8 heteroatoms. The number of hydrogen-bond donors (Lipinski definition) is 1. The highest BCUT2D eigenvalue weighted by atomic mass is 79.9. The van der Waals surface area contributed by atoms with Gasteiger partial charge in [-0.1, -0.05) is 28.1 Å². The van der Waals surface area contributed by atoms with Crippen molar-refractivity contribution in [2.24, 2.45) is 12.0 Å². The molecule has 2 atom stereocenters. The van der Waals surface area contributed by atoms with E-state index >= 15 is 0 Å². The van der Waals surface area contributed by atoms with Crippen LogP contribution in [-0.4, -0.2) is 59.3 Å². The fraction of sp³-hybridized carbons (Fsp3) is 0.421. The smallest absolute Gasteiger partial charge is 0.246 e. The zero-order valence-electron chi connectivity index (χ0n) is 15.5. The summed E-state index contributed by atoms with van der Waals surface area (Å²) in [5.74, 6) is 1.37. The standard InChI is InChI=1S/C19H23BrN6O/c1-21-19(23-17-9-16(17)13-3-5-14(20)6-4-13)25-7-8-26(18(27)12-25)15-10-22-24(2)11-15/h3-6,10-11,16-17H,7-9,12H2,1-2H3,(H,21,23). The summed E-state index contributed by atoms with van der Waals surface area (Å²) in [5, 5.41) is 7.69. The Morgan fingerprint density at radius 3 is 2.70 bits per heavy atom. The van der Waals surface area contributed by atoms with Gasteiger partial charge in [0.25, 0.3) is 0 Å². The first kappa shape index (κ1) is 18.0. The van der Waals surface area contributed by atoms with Gasteiger partial charge in [0.1, 0.15) is 6.54 Å². The number of anilines is 1. The molecule has 0 spiro atoms. The lowest BCUT2D eigenvalue weighted by Gasteiger charge is -2.35. The van der Waals surface area contributed by atoms with Gasteiger partial charge < -0.3 is 15.1 Å². The molecule has 2 fully saturated rings. The number of rotatable bonds is 3. The molecule has 1 N–H and O–H groups in total. The Bertz CT molecular complexity index is 861. The second-order valence-corrected chi connectivity index (χ2v) is 7.95. The molecule has 2 unspecified atom stereocenters. The number of aryl methyl sites for hydroxylation is 1. The molecule has 2 aromatic rings. The van der Waals surface area contributed by atoms with Crippen molar-refractivity contribution in [1.82, 2.24) is 20.0 Å².